The van der Waals surface area contributed by atoms with Crippen LogP contribution in [0.1, 0.15) is 47.5 Å². The minimum Gasteiger partial charge on any atom is -0.403 e. The molecule has 1 aliphatic heterocycles. The van der Waals surface area contributed by atoms with Crippen molar-refractivity contribution in [1.82, 2.24) is 0 Å². The van der Waals surface area contributed by atoms with Crippen LogP contribution in [0.2, 0.25) is 0 Å². The van der Waals surface area contributed by atoms with E-state index in [4.69, 9.17) is 18.4 Å². The Bertz CT molecular complexity index is 334. The van der Waals surface area contributed by atoms with Crippen LogP contribution in [-0.4, -0.2) is 38.1 Å². The van der Waals surface area contributed by atoms with E-state index in [0.717, 1.165) is 6.42 Å². The average molecular weight is 292 g/mol. The van der Waals surface area contributed by atoms with Crippen LogP contribution in [0.5, 0.6) is 0 Å². The van der Waals surface area contributed by atoms with Gasteiger partial charge in [-0.05, 0) is 34.1 Å². The maximum atomic E-state index is 12.6. The molecule has 5 nitrogen and oxygen atoms in total. The Labute approximate surface area is 117 Å². The predicted molar refractivity (Wildman–Crippen MR) is 76.4 cm³/mol. The molecule has 0 aromatic carbocycles. The average Bonchev–Trinajstić information content (AvgIpc) is 2.54. The number of hydrogen-bond donors (Lipinski definition) is 0. The van der Waals surface area contributed by atoms with Crippen LogP contribution in [0.3, 0.4) is 0 Å². The van der Waals surface area contributed by atoms with E-state index in [-0.39, 0.29) is 0 Å². The minimum absolute atomic E-state index is 0.409. The second kappa shape index (κ2) is 5.86. The molecule has 0 spiro atoms. The van der Waals surface area contributed by atoms with Gasteiger partial charge in [0.15, 0.2) is 0 Å². The van der Waals surface area contributed by atoms with Gasteiger partial charge in [-0.2, -0.15) is 0 Å². The zero-order valence-corrected chi connectivity index (χ0v) is 14.0. The topological polar surface area (TPSA) is 54.0 Å². The van der Waals surface area contributed by atoms with Crippen molar-refractivity contribution in [2.45, 2.75) is 64.2 Å². The number of hydrogen-bond acceptors (Lipinski definition) is 5. The Morgan fingerprint density at radius 1 is 1.11 bits per heavy atom. The summed E-state index contributed by atoms with van der Waals surface area (Å²) in [6, 6.07) is 0. The lowest BCUT2D eigenvalue weighted by Crippen LogP contribution is -2.41. The Balaban J connectivity index is 3.01. The highest BCUT2D eigenvalue weighted by Crippen LogP contribution is 2.56. The van der Waals surface area contributed by atoms with E-state index in [2.05, 4.69) is 0 Å². The van der Waals surface area contributed by atoms with Gasteiger partial charge in [0, 0.05) is 14.2 Å². The van der Waals surface area contributed by atoms with E-state index < -0.39 is 31.5 Å². The van der Waals surface area contributed by atoms with Crippen molar-refractivity contribution in [3.05, 3.63) is 0 Å². The molecule has 19 heavy (non-hydrogen) atoms. The van der Waals surface area contributed by atoms with Crippen molar-refractivity contribution in [3.8, 4) is 0 Å². The first kappa shape index (κ1) is 17.2. The van der Waals surface area contributed by atoms with Crippen LogP contribution < -0.4 is 0 Å². The molecule has 0 aromatic rings. The zero-order valence-electron chi connectivity index (χ0n) is 13.1. The maximum absolute atomic E-state index is 12.6. The van der Waals surface area contributed by atoms with Crippen LogP contribution >= 0.6 is 7.60 Å². The molecule has 0 bridgehead atoms. The molecule has 0 N–H and O–H groups in total. The van der Waals surface area contributed by atoms with E-state index >= 15 is 0 Å². The van der Waals surface area contributed by atoms with E-state index in [0.29, 0.717) is 6.42 Å². The summed E-state index contributed by atoms with van der Waals surface area (Å²) in [4.78, 5) is 0. The van der Waals surface area contributed by atoms with Gasteiger partial charge in [0.25, 0.3) is 0 Å². The summed E-state index contributed by atoms with van der Waals surface area (Å²) >= 11 is 0. The van der Waals surface area contributed by atoms with Gasteiger partial charge in [0.1, 0.15) is 0 Å². The van der Waals surface area contributed by atoms with Crippen molar-refractivity contribution in [2.24, 2.45) is 0 Å². The van der Waals surface area contributed by atoms with Crippen molar-refractivity contribution < 1.29 is 22.9 Å². The van der Waals surface area contributed by atoms with Crippen LogP contribution in [0, 0.1) is 0 Å². The third-order valence-corrected chi connectivity index (χ3v) is 6.42. The first-order chi connectivity index (χ1) is 8.63. The normalized spacial score (nSPS) is 23.6. The summed E-state index contributed by atoms with van der Waals surface area (Å²) in [6.45, 7) is 9.91. The lowest BCUT2D eigenvalue weighted by molar-refractivity contribution is 0.00578. The van der Waals surface area contributed by atoms with Gasteiger partial charge < -0.3 is 18.4 Å². The Hall–Kier alpha value is 0.135. The van der Waals surface area contributed by atoms with Crippen LogP contribution in [0.25, 0.3) is 0 Å². The largest absolute Gasteiger partial charge is 0.473 e. The molecule has 1 fully saturated rings. The Morgan fingerprint density at radius 3 is 1.84 bits per heavy atom. The lowest BCUT2D eigenvalue weighted by atomic mass is 9.81. The van der Waals surface area contributed by atoms with E-state index in [1.54, 1.807) is 0 Å². The molecule has 0 aliphatic carbocycles. The molecular formula is C12H26BO5P. The third-order valence-electron chi connectivity index (χ3n) is 4.09. The molecular weight excluding hydrogens is 266 g/mol. The van der Waals surface area contributed by atoms with Crippen LogP contribution in [-0.2, 0) is 22.9 Å². The summed E-state index contributed by atoms with van der Waals surface area (Å²) in [7, 11) is -0.991. The summed E-state index contributed by atoms with van der Waals surface area (Å²) in [5, 5.41) is 0. The van der Waals surface area contributed by atoms with Gasteiger partial charge in [0.05, 0.1) is 16.8 Å². The van der Waals surface area contributed by atoms with Gasteiger partial charge in [-0.1, -0.05) is 13.3 Å². The van der Waals surface area contributed by atoms with E-state index in [1.807, 2.05) is 34.6 Å². The third kappa shape index (κ3) is 3.25. The van der Waals surface area contributed by atoms with Crippen molar-refractivity contribution >= 4 is 14.7 Å². The predicted octanol–water partition coefficient (Wildman–Crippen LogP) is 3.27. The first-order valence-corrected chi connectivity index (χ1v) is 8.31. The highest BCUT2D eigenvalue weighted by molar-refractivity contribution is 7.57. The summed E-state index contributed by atoms with van der Waals surface area (Å²) in [6.07, 6.45) is 1.52. The van der Waals surface area contributed by atoms with Crippen LogP contribution in [0.15, 0.2) is 0 Å². The van der Waals surface area contributed by atoms with E-state index in [1.165, 1.54) is 14.2 Å². The molecule has 0 radical (unpaired) electrons. The van der Waals surface area contributed by atoms with Crippen LogP contribution in [0.4, 0.5) is 0 Å². The molecule has 1 atom stereocenters. The molecule has 1 heterocycles. The standard InChI is InChI=1S/C12H26BO5P/c1-8-9-10(19(14,15-6)16-7)13-17-11(2,3)12(4,5)18-13/h10H,8-9H2,1-7H3. The minimum atomic E-state index is -3.22. The number of rotatable bonds is 6. The van der Waals surface area contributed by atoms with Crippen molar-refractivity contribution in [3.63, 3.8) is 0 Å². The highest BCUT2D eigenvalue weighted by atomic mass is 31.2. The Morgan fingerprint density at radius 2 is 1.53 bits per heavy atom. The second-order valence-corrected chi connectivity index (χ2v) is 8.36. The van der Waals surface area contributed by atoms with Crippen molar-refractivity contribution in [1.29, 1.82) is 0 Å². The SMILES string of the molecule is CCCC(B1OC(C)(C)C(C)(C)O1)P(=O)(OC)OC. The fourth-order valence-corrected chi connectivity index (χ4v) is 3.82. The fraction of sp³-hybridized carbons (Fsp3) is 1.00. The molecule has 0 amide bonds. The second-order valence-electron chi connectivity index (χ2n) is 5.89. The van der Waals surface area contributed by atoms with Crippen molar-refractivity contribution in [2.75, 3.05) is 14.2 Å². The molecule has 1 saturated heterocycles. The van der Waals surface area contributed by atoms with Gasteiger partial charge in [-0.25, -0.2) is 0 Å². The molecule has 1 unspecified atom stereocenters. The lowest BCUT2D eigenvalue weighted by Gasteiger charge is -2.32. The monoisotopic (exact) mass is 292 g/mol. The summed E-state index contributed by atoms with van der Waals surface area (Å²) in [5.74, 6) is 0. The zero-order chi connectivity index (χ0) is 14.9. The molecule has 7 heteroatoms. The fourth-order valence-electron chi connectivity index (χ4n) is 2.13. The Kier molecular flexibility index (Phi) is 5.30. The smallest absolute Gasteiger partial charge is 0.403 e. The van der Waals surface area contributed by atoms with Gasteiger partial charge in [-0.3, -0.25) is 4.57 Å². The molecule has 1 rings (SSSR count). The van der Waals surface area contributed by atoms with Gasteiger partial charge in [-0.15, -0.1) is 0 Å². The molecule has 0 saturated carbocycles. The first-order valence-electron chi connectivity index (χ1n) is 6.70. The maximum Gasteiger partial charge on any atom is 0.473 e. The molecule has 1 aliphatic rings. The van der Waals surface area contributed by atoms with Gasteiger partial charge >= 0.3 is 14.7 Å². The summed E-state index contributed by atoms with van der Waals surface area (Å²) < 4.78 is 34.8. The molecule has 0 aromatic heterocycles. The van der Waals surface area contributed by atoms with E-state index in [9.17, 15) is 4.57 Å². The quantitative estimate of drug-likeness (QED) is 0.555. The summed E-state index contributed by atoms with van der Waals surface area (Å²) in [5.41, 5.74) is -1.31. The molecule has 112 valence electrons. The van der Waals surface area contributed by atoms with Gasteiger partial charge in [0.2, 0.25) is 0 Å². The highest BCUT2D eigenvalue weighted by Gasteiger charge is 2.58.